The Balaban J connectivity index is 1.91. The van der Waals surface area contributed by atoms with Gasteiger partial charge in [-0.3, -0.25) is 4.79 Å². The summed E-state index contributed by atoms with van der Waals surface area (Å²) >= 11 is 3.11. The van der Waals surface area contributed by atoms with Gasteiger partial charge < -0.3 is 4.98 Å². The number of benzene rings is 1. The molecule has 0 spiro atoms. The summed E-state index contributed by atoms with van der Waals surface area (Å²) in [4.78, 5) is 21.5. The number of thiophene rings is 2. The van der Waals surface area contributed by atoms with Gasteiger partial charge in [0.15, 0.2) is 5.82 Å². The molecule has 6 heteroatoms. The van der Waals surface area contributed by atoms with Crippen molar-refractivity contribution in [2.75, 3.05) is 0 Å². The molecule has 4 aromatic rings. The van der Waals surface area contributed by atoms with Gasteiger partial charge >= 0.3 is 0 Å². The lowest BCUT2D eigenvalue weighted by atomic mass is 10.1. The lowest BCUT2D eigenvalue weighted by Crippen LogP contribution is -2.10. The van der Waals surface area contributed by atoms with Gasteiger partial charge in [-0.15, -0.1) is 22.7 Å². The number of nitriles is 1. The highest BCUT2D eigenvalue weighted by Gasteiger charge is 2.14. The molecule has 0 radical (unpaired) electrons. The van der Waals surface area contributed by atoms with Crippen LogP contribution in [0.25, 0.3) is 32.0 Å². The lowest BCUT2D eigenvalue weighted by Gasteiger charge is -2.00. The van der Waals surface area contributed by atoms with Crippen molar-refractivity contribution < 1.29 is 0 Å². The second kappa shape index (κ2) is 5.96. The number of fused-ring (bicyclic) bond motifs is 2. The Labute approximate surface area is 151 Å². The van der Waals surface area contributed by atoms with Crippen LogP contribution in [0.5, 0.6) is 0 Å². The van der Waals surface area contributed by atoms with Gasteiger partial charge in [-0.1, -0.05) is 18.2 Å². The third kappa shape index (κ3) is 2.58. The molecule has 1 N–H and O–H groups in total. The summed E-state index contributed by atoms with van der Waals surface area (Å²) in [5.74, 6) is 0.316. The van der Waals surface area contributed by atoms with Crippen LogP contribution in [-0.4, -0.2) is 9.97 Å². The number of nitrogens with one attached hydrogen (secondary N) is 1. The van der Waals surface area contributed by atoms with Crippen LogP contribution in [0.1, 0.15) is 21.8 Å². The van der Waals surface area contributed by atoms with Gasteiger partial charge in [-0.2, -0.15) is 5.26 Å². The molecule has 3 aromatic heterocycles. The molecule has 0 aliphatic heterocycles. The van der Waals surface area contributed by atoms with Gasteiger partial charge in [-0.25, -0.2) is 4.98 Å². The first-order valence-electron chi connectivity index (χ1n) is 7.67. The maximum Gasteiger partial charge on any atom is 0.260 e. The van der Waals surface area contributed by atoms with E-state index in [0.717, 1.165) is 26.1 Å². The van der Waals surface area contributed by atoms with Gasteiger partial charge in [0.05, 0.1) is 11.0 Å². The Hall–Kier alpha value is -2.75. The summed E-state index contributed by atoms with van der Waals surface area (Å²) in [5.41, 5.74) is 2.06. The zero-order valence-electron chi connectivity index (χ0n) is 13.6. The fourth-order valence-corrected chi connectivity index (χ4v) is 4.75. The number of hydrogen-bond acceptors (Lipinski definition) is 5. The van der Waals surface area contributed by atoms with Gasteiger partial charge in [0.1, 0.15) is 10.9 Å². The van der Waals surface area contributed by atoms with E-state index >= 15 is 0 Å². The molecule has 3 heterocycles. The maximum atomic E-state index is 12.4. The van der Waals surface area contributed by atoms with Crippen LogP contribution in [0, 0.1) is 25.2 Å². The minimum absolute atomic E-state index is 0.196. The monoisotopic (exact) mass is 363 g/mol. The highest BCUT2D eigenvalue weighted by atomic mass is 32.1. The molecule has 0 unspecified atom stereocenters. The normalized spacial score (nSPS) is 12.0. The van der Waals surface area contributed by atoms with Crippen LogP contribution in [0.3, 0.4) is 0 Å². The van der Waals surface area contributed by atoms with Gasteiger partial charge in [0.25, 0.3) is 5.56 Å². The summed E-state index contributed by atoms with van der Waals surface area (Å²) in [5, 5.41) is 13.3. The minimum atomic E-state index is -0.196. The van der Waals surface area contributed by atoms with Crippen molar-refractivity contribution in [3.63, 3.8) is 0 Å². The molecule has 0 bridgehead atoms. The number of nitrogens with zero attached hydrogens (tertiary/aromatic N) is 2. The van der Waals surface area contributed by atoms with Crippen molar-refractivity contribution in [3.8, 4) is 6.07 Å². The first-order chi connectivity index (χ1) is 12.1. The molecule has 0 amide bonds. The topological polar surface area (TPSA) is 69.5 Å². The predicted molar refractivity (Wildman–Crippen MR) is 105 cm³/mol. The number of aryl methyl sites for hydroxylation is 2. The van der Waals surface area contributed by atoms with E-state index in [1.54, 1.807) is 17.4 Å². The van der Waals surface area contributed by atoms with Gasteiger partial charge in [-0.05, 0) is 47.9 Å². The van der Waals surface area contributed by atoms with Crippen LogP contribution in [-0.2, 0) is 0 Å². The van der Waals surface area contributed by atoms with Crippen molar-refractivity contribution >= 4 is 54.6 Å². The molecule has 1 aromatic carbocycles. The molecule has 0 fully saturated rings. The molecule has 4 rings (SSSR count). The highest BCUT2D eigenvalue weighted by molar-refractivity contribution is 7.18. The Morgan fingerprint density at radius 3 is 2.92 bits per heavy atom. The molecular formula is C19H13N3OS2. The van der Waals surface area contributed by atoms with E-state index in [2.05, 4.69) is 16.0 Å². The average molecular weight is 363 g/mol. The van der Waals surface area contributed by atoms with E-state index in [9.17, 15) is 10.1 Å². The van der Waals surface area contributed by atoms with E-state index in [4.69, 9.17) is 0 Å². The molecular weight excluding hydrogens is 350 g/mol. The highest BCUT2D eigenvalue weighted by Crippen LogP contribution is 2.30. The Bertz CT molecular complexity index is 1250. The molecule has 25 heavy (non-hydrogen) atoms. The van der Waals surface area contributed by atoms with Crippen LogP contribution in [0.15, 0.2) is 34.4 Å². The molecule has 0 aliphatic carbocycles. The van der Waals surface area contributed by atoms with Crippen LogP contribution in [0.2, 0.25) is 0 Å². The van der Waals surface area contributed by atoms with E-state index in [-0.39, 0.29) is 5.56 Å². The second-order valence-corrected chi connectivity index (χ2v) is 7.85. The van der Waals surface area contributed by atoms with Crippen molar-refractivity contribution in [2.45, 2.75) is 13.8 Å². The zero-order valence-corrected chi connectivity index (χ0v) is 15.2. The summed E-state index contributed by atoms with van der Waals surface area (Å²) in [6, 6.07) is 10.2. The number of aromatic amines is 1. The van der Waals surface area contributed by atoms with Crippen molar-refractivity contribution in [1.82, 2.24) is 9.97 Å². The lowest BCUT2D eigenvalue weighted by molar-refractivity contribution is 1.13. The predicted octanol–water partition coefficient (Wildman–Crippen LogP) is 4.88. The van der Waals surface area contributed by atoms with Crippen molar-refractivity contribution in [3.05, 3.63) is 61.8 Å². The third-order valence-electron chi connectivity index (χ3n) is 4.23. The number of allylic oxidation sites excluding steroid dienone is 1. The molecule has 4 nitrogen and oxygen atoms in total. The number of H-pyrrole nitrogens is 1. The largest absolute Gasteiger partial charge is 0.305 e. The van der Waals surface area contributed by atoms with Crippen LogP contribution < -0.4 is 5.56 Å². The summed E-state index contributed by atoms with van der Waals surface area (Å²) in [6.07, 6.45) is 1.79. The number of hydrogen-bond donors (Lipinski definition) is 1. The fraction of sp³-hybridized carbons (Fsp3) is 0.105. The summed E-state index contributed by atoms with van der Waals surface area (Å²) in [6.45, 7) is 3.89. The smallest absolute Gasteiger partial charge is 0.260 e. The first-order valence-corrected chi connectivity index (χ1v) is 9.36. The Morgan fingerprint density at radius 2 is 2.12 bits per heavy atom. The Morgan fingerprint density at radius 1 is 1.32 bits per heavy atom. The van der Waals surface area contributed by atoms with Crippen molar-refractivity contribution in [1.29, 1.82) is 5.26 Å². The number of aromatic nitrogens is 2. The summed E-state index contributed by atoms with van der Waals surface area (Å²) < 4.78 is 1.16. The third-order valence-corrected chi connectivity index (χ3v) is 6.31. The summed E-state index contributed by atoms with van der Waals surface area (Å²) in [7, 11) is 0. The quantitative estimate of drug-likeness (QED) is 0.516. The SMILES string of the molecule is Cc1sc2nc(C(C#N)=Cc3csc4ccccc34)[nH]c(=O)c2c1C. The van der Waals surface area contributed by atoms with E-state index < -0.39 is 0 Å². The fourth-order valence-electron chi connectivity index (χ4n) is 2.80. The van der Waals surface area contributed by atoms with Gasteiger partial charge in [0.2, 0.25) is 0 Å². The van der Waals surface area contributed by atoms with Crippen LogP contribution in [0.4, 0.5) is 0 Å². The standard InChI is InChI=1S/C19H13N3OS2/c1-10-11(2)25-19-16(10)18(23)21-17(22-19)12(8-20)7-13-9-24-15-6-4-3-5-14(13)15/h3-7,9H,1-2H3,(H,21,22,23). The molecule has 0 aliphatic rings. The first kappa shape index (κ1) is 15.8. The second-order valence-electron chi connectivity index (χ2n) is 5.73. The average Bonchev–Trinajstić information content (AvgIpc) is 3.14. The van der Waals surface area contributed by atoms with E-state index in [1.807, 2.05) is 43.5 Å². The van der Waals surface area contributed by atoms with Crippen LogP contribution >= 0.6 is 22.7 Å². The molecule has 0 atom stereocenters. The van der Waals surface area contributed by atoms with E-state index in [0.29, 0.717) is 21.6 Å². The minimum Gasteiger partial charge on any atom is -0.305 e. The van der Waals surface area contributed by atoms with E-state index in [1.165, 1.54) is 11.3 Å². The molecule has 0 saturated heterocycles. The Kier molecular flexibility index (Phi) is 3.75. The molecule has 0 saturated carbocycles. The number of rotatable bonds is 2. The maximum absolute atomic E-state index is 12.4. The van der Waals surface area contributed by atoms with Gasteiger partial charge in [0, 0.05) is 9.58 Å². The molecule has 122 valence electrons. The van der Waals surface area contributed by atoms with Crippen molar-refractivity contribution in [2.24, 2.45) is 0 Å². The zero-order chi connectivity index (χ0) is 17.6.